The highest BCUT2D eigenvalue weighted by Gasteiger charge is 2.20. The van der Waals surface area contributed by atoms with Crippen molar-refractivity contribution in [1.82, 2.24) is 29.6 Å². The summed E-state index contributed by atoms with van der Waals surface area (Å²) >= 11 is 0. The summed E-state index contributed by atoms with van der Waals surface area (Å²) in [7, 11) is 0. The third kappa shape index (κ3) is 3.46. The first kappa shape index (κ1) is 19.4. The second-order valence-corrected chi connectivity index (χ2v) is 7.84. The standard InChI is InChI=1S/C22H22FN7O/c1-13(2)29-21(31)17-12-25-22(26-16-7-6-14-8-9-24-11-15(14)10-16)28-20(17)30(29)19-5-3-4-18(23)27-19/h3-7,10,12-13,24H,8-9,11H2,1-2H3,(H,25,26,28). The third-order valence-electron chi connectivity index (χ3n) is 5.38. The summed E-state index contributed by atoms with van der Waals surface area (Å²) in [5.41, 5.74) is 3.56. The molecular weight excluding hydrogens is 397 g/mol. The van der Waals surface area contributed by atoms with Crippen LogP contribution in [-0.2, 0) is 13.0 Å². The lowest BCUT2D eigenvalue weighted by Crippen LogP contribution is -2.24. The zero-order chi connectivity index (χ0) is 21.5. The normalized spacial score (nSPS) is 13.5. The van der Waals surface area contributed by atoms with Crippen molar-refractivity contribution >= 4 is 22.7 Å². The Labute approximate surface area is 177 Å². The van der Waals surface area contributed by atoms with Gasteiger partial charge in [-0.15, -0.1) is 0 Å². The van der Waals surface area contributed by atoms with Crippen molar-refractivity contribution in [2.75, 3.05) is 11.9 Å². The van der Waals surface area contributed by atoms with Crippen LogP contribution in [0.25, 0.3) is 16.9 Å². The van der Waals surface area contributed by atoms with Crippen LogP contribution in [0.2, 0.25) is 0 Å². The number of rotatable bonds is 4. The maximum atomic E-state index is 13.8. The van der Waals surface area contributed by atoms with Crippen LogP contribution in [-0.4, -0.2) is 30.9 Å². The Kier molecular flexibility index (Phi) is 4.74. The predicted octanol–water partition coefficient (Wildman–Crippen LogP) is 3.09. The van der Waals surface area contributed by atoms with Gasteiger partial charge in [0.1, 0.15) is 5.39 Å². The van der Waals surface area contributed by atoms with Crippen LogP contribution in [0, 0.1) is 5.95 Å². The zero-order valence-corrected chi connectivity index (χ0v) is 17.3. The van der Waals surface area contributed by atoms with Crippen LogP contribution >= 0.6 is 0 Å². The van der Waals surface area contributed by atoms with Gasteiger partial charge in [-0.25, -0.2) is 19.3 Å². The maximum Gasteiger partial charge on any atom is 0.278 e. The summed E-state index contributed by atoms with van der Waals surface area (Å²) in [5.74, 6) is 0.00441. The van der Waals surface area contributed by atoms with Crippen molar-refractivity contribution < 1.29 is 4.39 Å². The Hall–Kier alpha value is -3.59. The van der Waals surface area contributed by atoms with E-state index in [1.165, 1.54) is 28.1 Å². The third-order valence-corrected chi connectivity index (χ3v) is 5.38. The van der Waals surface area contributed by atoms with Gasteiger partial charge in [-0.2, -0.15) is 9.37 Å². The van der Waals surface area contributed by atoms with E-state index in [-0.39, 0.29) is 17.4 Å². The molecule has 0 spiro atoms. The van der Waals surface area contributed by atoms with Gasteiger partial charge in [-0.1, -0.05) is 12.1 Å². The number of benzene rings is 1. The summed E-state index contributed by atoms with van der Waals surface area (Å²) in [6, 6.07) is 10.5. The molecule has 9 heteroatoms. The lowest BCUT2D eigenvalue weighted by molar-refractivity contribution is 0.467. The zero-order valence-electron chi connectivity index (χ0n) is 17.3. The number of nitrogens with zero attached hydrogens (tertiary/aromatic N) is 5. The molecule has 1 aromatic carbocycles. The number of anilines is 2. The van der Waals surface area contributed by atoms with Crippen LogP contribution in [0.3, 0.4) is 0 Å². The number of hydrogen-bond donors (Lipinski definition) is 2. The van der Waals surface area contributed by atoms with Gasteiger partial charge in [0.25, 0.3) is 5.56 Å². The molecule has 0 atom stereocenters. The molecule has 0 amide bonds. The maximum absolute atomic E-state index is 13.8. The van der Waals surface area contributed by atoms with Gasteiger partial charge in [0.15, 0.2) is 11.5 Å². The highest BCUT2D eigenvalue weighted by Crippen LogP contribution is 2.23. The van der Waals surface area contributed by atoms with Gasteiger partial charge in [0, 0.05) is 24.5 Å². The molecule has 158 valence electrons. The number of aromatic nitrogens is 5. The molecule has 1 aliphatic rings. The molecule has 4 heterocycles. The topological polar surface area (TPSA) is 89.7 Å². The average Bonchev–Trinajstić information content (AvgIpc) is 3.06. The molecule has 31 heavy (non-hydrogen) atoms. The summed E-state index contributed by atoms with van der Waals surface area (Å²) < 4.78 is 16.9. The highest BCUT2D eigenvalue weighted by molar-refractivity contribution is 5.77. The van der Waals surface area contributed by atoms with E-state index in [0.29, 0.717) is 17.0 Å². The summed E-state index contributed by atoms with van der Waals surface area (Å²) in [4.78, 5) is 25.9. The van der Waals surface area contributed by atoms with Gasteiger partial charge >= 0.3 is 0 Å². The van der Waals surface area contributed by atoms with Gasteiger partial charge in [-0.05, 0) is 62.2 Å². The van der Waals surface area contributed by atoms with Gasteiger partial charge in [0.2, 0.25) is 11.9 Å². The molecule has 0 saturated carbocycles. The van der Waals surface area contributed by atoms with Gasteiger partial charge in [0.05, 0.1) is 0 Å². The highest BCUT2D eigenvalue weighted by atomic mass is 19.1. The van der Waals surface area contributed by atoms with Crippen molar-refractivity contribution in [3.63, 3.8) is 0 Å². The molecule has 3 aromatic heterocycles. The summed E-state index contributed by atoms with van der Waals surface area (Å²) in [5, 5.41) is 6.94. The molecule has 1 aliphatic heterocycles. The monoisotopic (exact) mass is 419 g/mol. The van der Waals surface area contributed by atoms with Crippen molar-refractivity contribution in [2.24, 2.45) is 0 Å². The van der Waals surface area contributed by atoms with Crippen molar-refractivity contribution in [3.05, 3.63) is 70.0 Å². The van der Waals surface area contributed by atoms with Crippen molar-refractivity contribution in [1.29, 1.82) is 0 Å². The lowest BCUT2D eigenvalue weighted by Gasteiger charge is -2.18. The largest absolute Gasteiger partial charge is 0.324 e. The van der Waals surface area contributed by atoms with E-state index in [0.717, 1.165) is 25.2 Å². The van der Waals surface area contributed by atoms with E-state index < -0.39 is 5.95 Å². The van der Waals surface area contributed by atoms with Gasteiger partial charge in [-0.3, -0.25) is 4.79 Å². The summed E-state index contributed by atoms with van der Waals surface area (Å²) in [6.45, 7) is 5.57. The predicted molar refractivity (Wildman–Crippen MR) is 116 cm³/mol. The first-order valence-corrected chi connectivity index (χ1v) is 10.2. The molecule has 0 saturated heterocycles. The van der Waals surface area contributed by atoms with E-state index in [2.05, 4.69) is 37.7 Å². The average molecular weight is 419 g/mol. The molecule has 5 rings (SSSR count). The SMILES string of the molecule is CC(C)n1c(=O)c2cnc(Nc3ccc4c(c3)CNCC4)nc2n1-c1cccc(F)n1. The van der Waals surface area contributed by atoms with E-state index >= 15 is 0 Å². The number of nitrogens with one attached hydrogen (secondary N) is 2. The Balaban J connectivity index is 1.62. The molecule has 2 N–H and O–H groups in total. The van der Waals surface area contributed by atoms with Crippen molar-refractivity contribution in [3.8, 4) is 5.82 Å². The Morgan fingerprint density at radius 1 is 1.16 bits per heavy atom. The van der Waals surface area contributed by atoms with E-state index in [9.17, 15) is 9.18 Å². The molecule has 0 fully saturated rings. The molecule has 4 aromatic rings. The quantitative estimate of drug-likeness (QED) is 0.494. The number of hydrogen-bond acceptors (Lipinski definition) is 6. The molecule has 0 bridgehead atoms. The van der Waals surface area contributed by atoms with Crippen LogP contribution in [0.4, 0.5) is 16.0 Å². The van der Waals surface area contributed by atoms with Crippen molar-refractivity contribution in [2.45, 2.75) is 32.9 Å². The fourth-order valence-electron chi connectivity index (χ4n) is 3.95. The van der Waals surface area contributed by atoms with E-state index in [1.807, 2.05) is 19.9 Å². The van der Waals surface area contributed by atoms with E-state index in [4.69, 9.17) is 0 Å². The van der Waals surface area contributed by atoms with Gasteiger partial charge < -0.3 is 10.6 Å². The minimum absolute atomic E-state index is 0.184. The Morgan fingerprint density at radius 2 is 2.03 bits per heavy atom. The minimum Gasteiger partial charge on any atom is -0.324 e. The second kappa shape index (κ2) is 7.59. The first-order chi connectivity index (χ1) is 15.0. The smallest absolute Gasteiger partial charge is 0.278 e. The second-order valence-electron chi connectivity index (χ2n) is 7.84. The number of fused-ring (bicyclic) bond motifs is 2. The van der Waals surface area contributed by atoms with Crippen LogP contribution in [0.1, 0.15) is 31.0 Å². The van der Waals surface area contributed by atoms with Crippen LogP contribution in [0.5, 0.6) is 0 Å². The minimum atomic E-state index is -0.628. The van der Waals surface area contributed by atoms with E-state index in [1.54, 1.807) is 16.8 Å². The first-order valence-electron chi connectivity index (χ1n) is 10.2. The lowest BCUT2D eigenvalue weighted by atomic mass is 10.0. The Bertz CT molecular complexity index is 1340. The molecular formula is C22H22FN7O. The fraction of sp³-hybridized carbons (Fsp3) is 0.273. The summed E-state index contributed by atoms with van der Waals surface area (Å²) in [6.07, 6.45) is 2.51. The van der Waals surface area contributed by atoms with Crippen LogP contribution in [0.15, 0.2) is 47.4 Å². The number of halogens is 1. The fourth-order valence-corrected chi connectivity index (χ4v) is 3.95. The van der Waals surface area contributed by atoms with Crippen LogP contribution < -0.4 is 16.2 Å². The molecule has 8 nitrogen and oxygen atoms in total. The molecule has 0 unspecified atom stereocenters. The molecule has 0 aliphatic carbocycles. The molecule has 0 radical (unpaired) electrons. The Morgan fingerprint density at radius 3 is 2.84 bits per heavy atom. The number of pyridine rings is 1.